The van der Waals surface area contributed by atoms with E-state index in [-0.39, 0.29) is 30.6 Å². The number of amides is 2. The summed E-state index contributed by atoms with van der Waals surface area (Å²) in [6.07, 6.45) is 0.117. The summed E-state index contributed by atoms with van der Waals surface area (Å²) in [4.78, 5) is 26.6. The van der Waals surface area contributed by atoms with Crippen molar-refractivity contribution in [3.63, 3.8) is 0 Å². The predicted molar refractivity (Wildman–Crippen MR) is 126 cm³/mol. The average molecular weight is 440 g/mol. The van der Waals surface area contributed by atoms with E-state index in [4.69, 9.17) is 4.74 Å². The molecule has 2 amide bonds. The van der Waals surface area contributed by atoms with Gasteiger partial charge in [-0.2, -0.15) is 0 Å². The van der Waals surface area contributed by atoms with Crippen LogP contribution in [0.25, 0.3) is 10.8 Å². The molecule has 4 aromatic rings. The Bertz CT molecular complexity index is 1320. The van der Waals surface area contributed by atoms with Crippen molar-refractivity contribution in [2.75, 3.05) is 16.8 Å². The third-order valence-electron chi connectivity index (χ3n) is 5.71. The highest BCUT2D eigenvalue weighted by molar-refractivity contribution is 6.03. The van der Waals surface area contributed by atoms with Gasteiger partial charge in [0.2, 0.25) is 11.8 Å². The molecular formula is C27H21FN2O3. The summed E-state index contributed by atoms with van der Waals surface area (Å²) in [6, 6.07) is 26.8. The lowest BCUT2D eigenvalue weighted by Crippen LogP contribution is -2.28. The second-order valence-corrected chi connectivity index (χ2v) is 8.01. The van der Waals surface area contributed by atoms with Crippen molar-refractivity contribution in [3.8, 4) is 11.5 Å². The van der Waals surface area contributed by atoms with Gasteiger partial charge in [0.1, 0.15) is 17.3 Å². The van der Waals surface area contributed by atoms with E-state index in [1.54, 1.807) is 36.4 Å². The van der Waals surface area contributed by atoms with E-state index >= 15 is 0 Å². The molecule has 164 valence electrons. The molecule has 4 aromatic carbocycles. The molecule has 0 saturated carbocycles. The summed E-state index contributed by atoms with van der Waals surface area (Å²) in [7, 11) is 0. The highest BCUT2D eigenvalue weighted by Gasteiger charge is 2.35. The highest BCUT2D eigenvalue weighted by Crippen LogP contribution is 2.28. The Hall–Kier alpha value is -4.19. The van der Waals surface area contributed by atoms with Crippen LogP contribution in [0.1, 0.15) is 6.42 Å². The first kappa shape index (κ1) is 20.7. The third kappa shape index (κ3) is 4.55. The fraction of sp³-hybridized carbons (Fsp3) is 0.111. The van der Waals surface area contributed by atoms with Gasteiger partial charge in [0, 0.05) is 24.3 Å². The number of carbonyl (C=O) groups is 2. The van der Waals surface area contributed by atoms with Crippen LogP contribution in [0.3, 0.4) is 0 Å². The number of benzene rings is 4. The van der Waals surface area contributed by atoms with Gasteiger partial charge in [-0.1, -0.05) is 30.3 Å². The van der Waals surface area contributed by atoms with Crippen molar-refractivity contribution < 1.29 is 18.7 Å². The van der Waals surface area contributed by atoms with Crippen LogP contribution < -0.4 is 15.0 Å². The Morgan fingerprint density at radius 2 is 1.58 bits per heavy atom. The number of hydrogen-bond acceptors (Lipinski definition) is 3. The quantitative estimate of drug-likeness (QED) is 0.429. The minimum atomic E-state index is -0.476. The van der Waals surface area contributed by atoms with Crippen LogP contribution in [0.2, 0.25) is 0 Å². The summed E-state index contributed by atoms with van der Waals surface area (Å²) >= 11 is 0. The standard InChI is InChI=1S/C27H21FN2O3/c28-21-6-10-23(11-7-21)30-17-20(16-26(30)31)27(32)29-22-8-13-24(14-9-22)33-25-12-5-18-3-1-2-4-19(18)15-25/h1-15,20H,16-17H2,(H,29,32)/t20-/m1/s1. The average Bonchev–Trinajstić information content (AvgIpc) is 3.22. The van der Waals surface area contributed by atoms with E-state index in [1.165, 1.54) is 17.0 Å². The molecule has 1 heterocycles. The fourth-order valence-corrected chi connectivity index (χ4v) is 3.97. The van der Waals surface area contributed by atoms with Crippen molar-refractivity contribution in [2.24, 2.45) is 5.92 Å². The molecule has 33 heavy (non-hydrogen) atoms. The molecule has 0 spiro atoms. The van der Waals surface area contributed by atoms with Gasteiger partial charge in [0.05, 0.1) is 5.92 Å². The van der Waals surface area contributed by atoms with E-state index in [0.29, 0.717) is 17.1 Å². The number of carbonyl (C=O) groups excluding carboxylic acids is 2. The molecule has 6 heteroatoms. The smallest absolute Gasteiger partial charge is 0.229 e. The molecule has 5 rings (SSSR count). The Labute approximate surface area is 190 Å². The largest absolute Gasteiger partial charge is 0.457 e. The monoisotopic (exact) mass is 440 g/mol. The van der Waals surface area contributed by atoms with Crippen LogP contribution in [0.5, 0.6) is 11.5 Å². The normalized spacial score (nSPS) is 15.6. The molecule has 0 aromatic heterocycles. The fourth-order valence-electron chi connectivity index (χ4n) is 3.97. The van der Waals surface area contributed by atoms with Gasteiger partial charge in [-0.15, -0.1) is 0 Å². The zero-order valence-corrected chi connectivity index (χ0v) is 17.7. The van der Waals surface area contributed by atoms with Crippen LogP contribution in [0, 0.1) is 11.7 Å². The topological polar surface area (TPSA) is 58.6 Å². The van der Waals surface area contributed by atoms with Gasteiger partial charge < -0.3 is 15.0 Å². The number of rotatable bonds is 5. The molecule has 0 aliphatic carbocycles. The summed E-state index contributed by atoms with van der Waals surface area (Å²) in [5, 5.41) is 5.11. The first-order valence-corrected chi connectivity index (χ1v) is 10.7. The maximum atomic E-state index is 13.2. The first-order valence-electron chi connectivity index (χ1n) is 10.7. The van der Waals surface area contributed by atoms with Crippen LogP contribution in [0.4, 0.5) is 15.8 Å². The number of anilines is 2. The predicted octanol–water partition coefficient (Wildman–Crippen LogP) is 5.76. The molecule has 1 N–H and O–H groups in total. The van der Waals surface area contributed by atoms with Gasteiger partial charge >= 0.3 is 0 Å². The molecule has 0 radical (unpaired) electrons. The maximum Gasteiger partial charge on any atom is 0.229 e. The summed E-state index contributed by atoms with van der Waals surface area (Å²) < 4.78 is 19.1. The van der Waals surface area contributed by atoms with E-state index in [2.05, 4.69) is 5.32 Å². The SMILES string of the molecule is O=C(Nc1ccc(Oc2ccc3ccccc3c2)cc1)[C@@H]1CC(=O)N(c2ccc(F)cc2)C1. The number of halogens is 1. The van der Waals surface area contributed by atoms with Crippen LogP contribution in [-0.2, 0) is 9.59 Å². The zero-order valence-electron chi connectivity index (χ0n) is 17.7. The molecule has 1 atom stereocenters. The lowest BCUT2D eigenvalue weighted by molar-refractivity contribution is -0.122. The lowest BCUT2D eigenvalue weighted by Gasteiger charge is -2.16. The lowest BCUT2D eigenvalue weighted by atomic mass is 10.1. The van der Waals surface area contributed by atoms with Crippen LogP contribution in [0.15, 0.2) is 91.0 Å². The Morgan fingerprint density at radius 1 is 0.879 bits per heavy atom. The van der Waals surface area contributed by atoms with Crippen molar-refractivity contribution in [1.82, 2.24) is 0 Å². The Balaban J connectivity index is 1.21. The number of hydrogen-bond donors (Lipinski definition) is 1. The molecule has 5 nitrogen and oxygen atoms in total. The molecule has 1 fully saturated rings. The number of fused-ring (bicyclic) bond motifs is 1. The molecular weight excluding hydrogens is 419 g/mol. The molecule has 1 saturated heterocycles. The first-order chi connectivity index (χ1) is 16.0. The van der Waals surface area contributed by atoms with Crippen molar-refractivity contribution in [3.05, 3.63) is 96.8 Å². The van der Waals surface area contributed by atoms with Gasteiger partial charge in [-0.3, -0.25) is 9.59 Å². The minimum Gasteiger partial charge on any atom is -0.457 e. The third-order valence-corrected chi connectivity index (χ3v) is 5.71. The molecule has 0 unspecified atom stereocenters. The molecule has 0 bridgehead atoms. The van der Waals surface area contributed by atoms with Crippen molar-refractivity contribution in [2.45, 2.75) is 6.42 Å². The van der Waals surface area contributed by atoms with E-state index in [1.807, 2.05) is 42.5 Å². The second-order valence-electron chi connectivity index (χ2n) is 8.01. The van der Waals surface area contributed by atoms with Gasteiger partial charge in [-0.25, -0.2) is 4.39 Å². The van der Waals surface area contributed by atoms with E-state index < -0.39 is 5.92 Å². The van der Waals surface area contributed by atoms with E-state index in [0.717, 1.165) is 16.5 Å². The highest BCUT2D eigenvalue weighted by atomic mass is 19.1. The second kappa shape index (κ2) is 8.74. The van der Waals surface area contributed by atoms with Crippen LogP contribution >= 0.6 is 0 Å². The summed E-state index contributed by atoms with van der Waals surface area (Å²) in [6.45, 7) is 0.263. The van der Waals surface area contributed by atoms with Gasteiger partial charge in [0.25, 0.3) is 0 Å². The zero-order chi connectivity index (χ0) is 22.8. The van der Waals surface area contributed by atoms with Crippen LogP contribution in [-0.4, -0.2) is 18.4 Å². The van der Waals surface area contributed by atoms with E-state index in [9.17, 15) is 14.0 Å². The summed E-state index contributed by atoms with van der Waals surface area (Å²) in [5.41, 5.74) is 1.21. The van der Waals surface area contributed by atoms with Crippen molar-refractivity contribution >= 4 is 34.0 Å². The van der Waals surface area contributed by atoms with Gasteiger partial charge in [0.15, 0.2) is 0 Å². The number of nitrogens with zero attached hydrogens (tertiary/aromatic N) is 1. The van der Waals surface area contributed by atoms with Crippen molar-refractivity contribution in [1.29, 1.82) is 0 Å². The molecule has 1 aliphatic rings. The number of nitrogens with one attached hydrogen (secondary N) is 1. The minimum absolute atomic E-state index is 0.117. The van der Waals surface area contributed by atoms with Gasteiger partial charge in [-0.05, 0) is 71.4 Å². The Kier molecular flexibility index (Phi) is 5.48. The summed E-state index contributed by atoms with van der Waals surface area (Å²) in [5.74, 6) is 0.165. The number of ether oxygens (including phenoxy) is 1. The molecule has 1 aliphatic heterocycles. The Morgan fingerprint density at radius 3 is 2.33 bits per heavy atom. The maximum absolute atomic E-state index is 13.2.